The first-order valence-electron chi connectivity index (χ1n) is 11.1. The first-order valence-corrected chi connectivity index (χ1v) is 11.1. The summed E-state index contributed by atoms with van der Waals surface area (Å²) in [4.78, 5) is 16.7. The fraction of sp³-hybridized carbons (Fsp3) is 0.296. The van der Waals surface area contributed by atoms with Crippen LogP contribution in [0.25, 0.3) is 0 Å². The third-order valence-corrected chi connectivity index (χ3v) is 5.72. The standard InChI is InChI=1S/C27H30N2O3/c1-28(20-23-11-13-25(14-12-23)29-15-17-31-18-16-29)27(30)21-32-26-10-6-5-9-24(26)19-22-7-3-2-4-8-22/h2-14H,15-21H2,1H3. The summed E-state index contributed by atoms with van der Waals surface area (Å²) in [7, 11) is 1.82. The van der Waals surface area contributed by atoms with Gasteiger partial charge in [0.15, 0.2) is 6.61 Å². The molecule has 0 atom stereocenters. The van der Waals surface area contributed by atoms with E-state index in [4.69, 9.17) is 9.47 Å². The van der Waals surface area contributed by atoms with Crippen molar-refractivity contribution in [2.45, 2.75) is 13.0 Å². The van der Waals surface area contributed by atoms with Gasteiger partial charge in [-0.1, -0.05) is 60.7 Å². The molecule has 0 spiro atoms. The lowest BCUT2D eigenvalue weighted by molar-refractivity contribution is -0.132. The van der Waals surface area contributed by atoms with E-state index >= 15 is 0 Å². The molecule has 0 aromatic heterocycles. The van der Waals surface area contributed by atoms with Gasteiger partial charge in [-0.15, -0.1) is 0 Å². The van der Waals surface area contributed by atoms with Crippen LogP contribution in [0.5, 0.6) is 5.75 Å². The predicted molar refractivity (Wildman–Crippen MR) is 127 cm³/mol. The molecule has 5 nitrogen and oxygen atoms in total. The van der Waals surface area contributed by atoms with Crippen LogP contribution in [-0.4, -0.2) is 50.8 Å². The summed E-state index contributed by atoms with van der Waals surface area (Å²) < 4.78 is 11.3. The highest BCUT2D eigenvalue weighted by Gasteiger charge is 2.14. The molecule has 0 N–H and O–H groups in total. The summed E-state index contributed by atoms with van der Waals surface area (Å²) >= 11 is 0. The SMILES string of the molecule is CN(Cc1ccc(N2CCOCC2)cc1)C(=O)COc1ccccc1Cc1ccccc1. The molecule has 1 fully saturated rings. The van der Waals surface area contributed by atoms with Gasteiger partial charge in [-0.25, -0.2) is 0 Å². The Hall–Kier alpha value is -3.31. The minimum atomic E-state index is -0.0447. The van der Waals surface area contributed by atoms with E-state index in [0.717, 1.165) is 49.6 Å². The number of nitrogens with zero attached hydrogens (tertiary/aromatic N) is 2. The van der Waals surface area contributed by atoms with E-state index in [1.54, 1.807) is 4.90 Å². The zero-order valence-electron chi connectivity index (χ0n) is 18.6. The van der Waals surface area contributed by atoms with Crippen LogP contribution < -0.4 is 9.64 Å². The van der Waals surface area contributed by atoms with Crippen molar-refractivity contribution in [3.8, 4) is 5.75 Å². The van der Waals surface area contributed by atoms with Gasteiger partial charge < -0.3 is 19.3 Å². The van der Waals surface area contributed by atoms with Gasteiger partial charge in [0.05, 0.1) is 13.2 Å². The quantitative estimate of drug-likeness (QED) is 0.538. The number of hydrogen-bond acceptors (Lipinski definition) is 4. The fourth-order valence-corrected chi connectivity index (χ4v) is 3.85. The van der Waals surface area contributed by atoms with Crippen molar-refractivity contribution >= 4 is 11.6 Å². The summed E-state index contributed by atoms with van der Waals surface area (Å²) in [6.07, 6.45) is 0.774. The van der Waals surface area contributed by atoms with E-state index in [1.807, 2.05) is 49.5 Å². The van der Waals surface area contributed by atoms with E-state index in [0.29, 0.717) is 6.54 Å². The van der Waals surface area contributed by atoms with E-state index in [-0.39, 0.29) is 12.5 Å². The van der Waals surface area contributed by atoms with Gasteiger partial charge in [0.1, 0.15) is 5.75 Å². The molecule has 1 aliphatic heterocycles. The van der Waals surface area contributed by atoms with Crippen LogP contribution in [0.2, 0.25) is 0 Å². The predicted octanol–water partition coefficient (Wildman–Crippen LogP) is 4.15. The van der Waals surface area contributed by atoms with Crippen molar-refractivity contribution in [3.05, 3.63) is 95.6 Å². The number of likely N-dealkylation sites (N-methyl/N-ethyl adjacent to an activating group) is 1. The Balaban J connectivity index is 1.30. The molecule has 0 radical (unpaired) electrons. The number of rotatable bonds is 8. The molecule has 3 aromatic carbocycles. The Morgan fingerprint density at radius 1 is 0.906 bits per heavy atom. The van der Waals surface area contributed by atoms with Gasteiger partial charge in [0.2, 0.25) is 0 Å². The van der Waals surface area contributed by atoms with Gasteiger partial charge in [0.25, 0.3) is 5.91 Å². The van der Waals surface area contributed by atoms with E-state index < -0.39 is 0 Å². The van der Waals surface area contributed by atoms with Gasteiger partial charge in [0, 0.05) is 38.8 Å². The Morgan fingerprint density at radius 3 is 2.34 bits per heavy atom. The summed E-state index contributed by atoms with van der Waals surface area (Å²) in [5.74, 6) is 0.713. The monoisotopic (exact) mass is 430 g/mol. The molecule has 1 aliphatic rings. The van der Waals surface area contributed by atoms with Crippen molar-refractivity contribution in [2.75, 3.05) is 44.9 Å². The number of benzene rings is 3. The van der Waals surface area contributed by atoms with Crippen molar-refractivity contribution < 1.29 is 14.3 Å². The number of carbonyl (C=O) groups is 1. The number of amides is 1. The lowest BCUT2D eigenvalue weighted by atomic mass is 10.0. The average Bonchev–Trinajstić information content (AvgIpc) is 2.85. The topological polar surface area (TPSA) is 42.0 Å². The highest BCUT2D eigenvalue weighted by molar-refractivity contribution is 5.77. The lowest BCUT2D eigenvalue weighted by Crippen LogP contribution is -2.36. The number of anilines is 1. The van der Waals surface area contributed by atoms with Crippen LogP contribution in [0.15, 0.2) is 78.9 Å². The third kappa shape index (κ3) is 5.89. The van der Waals surface area contributed by atoms with Crippen molar-refractivity contribution in [1.29, 1.82) is 0 Å². The molecular weight excluding hydrogens is 400 g/mol. The molecule has 0 saturated carbocycles. The molecule has 0 bridgehead atoms. The van der Waals surface area contributed by atoms with Crippen molar-refractivity contribution in [2.24, 2.45) is 0 Å². The summed E-state index contributed by atoms with van der Waals surface area (Å²) in [5.41, 5.74) is 4.59. The van der Waals surface area contributed by atoms with Crippen LogP contribution in [0.1, 0.15) is 16.7 Å². The maximum absolute atomic E-state index is 12.7. The Morgan fingerprint density at radius 2 is 1.59 bits per heavy atom. The average molecular weight is 431 g/mol. The van der Waals surface area contributed by atoms with Gasteiger partial charge in [-0.3, -0.25) is 4.79 Å². The zero-order chi connectivity index (χ0) is 22.2. The normalized spacial score (nSPS) is 13.6. The second-order valence-electron chi connectivity index (χ2n) is 8.07. The number of morpholine rings is 1. The minimum absolute atomic E-state index is 0.0220. The van der Waals surface area contributed by atoms with Crippen molar-refractivity contribution in [3.63, 3.8) is 0 Å². The lowest BCUT2D eigenvalue weighted by Gasteiger charge is -2.29. The first kappa shape index (κ1) is 21.9. The Bertz CT molecular complexity index is 999. The number of para-hydroxylation sites is 1. The van der Waals surface area contributed by atoms with Crippen LogP contribution in [0, 0.1) is 0 Å². The van der Waals surface area contributed by atoms with E-state index in [9.17, 15) is 4.79 Å². The highest BCUT2D eigenvalue weighted by atomic mass is 16.5. The minimum Gasteiger partial charge on any atom is -0.483 e. The molecule has 1 saturated heterocycles. The molecule has 166 valence electrons. The van der Waals surface area contributed by atoms with Crippen LogP contribution in [0.4, 0.5) is 5.69 Å². The number of carbonyl (C=O) groups excluding carboxylic acids is 1. The highest BCUT2D eigenvalue weighted by Crippen LogP contribution is 2.22. The maximum Gasteiger partial charge on any atom is 0.260 e. The Labute approximate surface area is 190 Å². The number of ether oxygens (including phenoxy) is 2. The molecule has 0 unspecified atom stereocenters. The second-order valence-corrected chi connectivity index (χ2v) is 8.07. The summed E-state index contributed by atoms with van der Waals surface area (Å²) in [6.45, 7) is 3.95. The molecule has 32 heavy (non-hydrogen) atoms. The van der Waals surface area contributed by atoms with E-state index in [1.165, 1.54) is 11.3 Å². The van der Waals surface area contributed by atoms with Crippen LogP contribution in [0.3, 0.4) is 0 Å². The third-order valence-electron chi connectivity index (χ3n) is 5.72. The molecule has 1 heterocycles. The Kier molecular flexibility index (Phi) is 7.41. The number of hydrogen-bond donors (Lipinski definition) is 0. The fourth-order valence-electron chi connectivity index (χ4n) is 3.85. The summed E-state index contributed by atoms with van der Waals surface area (Å²) in [6, 6.07) is 26.6. The zero-order valence-corrected chi connectivity index (χ0v) is 18.6. The van der Waals surface area contributed by atoms with Crippen LogP contribution >= 0.6 is 0 Å². The van der Waals surface area contributed by atoms with Gasteiger partial charge in [-0.2, -0.15) is 0 Å². The largest absolute Gasteiger partial charge is 0.483 e. The van der Waals surface area contributed by atoms with Gasteiger partial charge in [-0.05, 0) is 34.9 Å². The molecule has 4 rings (SSSR count). The second kappa shape index (κ2) is 10.8. The molecule has 1 amide bonds. The first-order chi connectivity index (χ1) is 15.7. The van der Waals surface area contributed by atoms with Gasteiger partial charge >= 0.3 is 0 Å². The molecule has 0 aliphatic carbocycles. The molecular formula is C27H30N2O3. The molecule has 5 heteroatoms. The molecule has 3 aromatic rings. The maximum atomic E-state index is 12.7. The van der Waals surface area contributed by atoms with E-state index in [2.05, 4.69) is 41.3 Å². The summed E-state index contributed by atoms with van der Waals surface area (Å²) in [5, 5.41) is 0. The van der Waals surface area contributed by atoms with Crippen LogP contribution in [-0.2, 0) is 22.5 Å². The smallest absolute Gasteiger partial charge is 0.260 e. The van der Waals surface area contributed by atoms with Crippen molar-refractivity contribution in [1.82, 2.24) is 4.90 Å².